The fourth-order valence-electron chi connectivity index (χ4n) is 2.71. The van der Waals surface area contributed by atoms with Crippen LogP contribution in [0.2, 0.25) is 0 Å². The molecule has 0 saturated heterocycles. The fourth-order valence-corrected chi connectivity index (χ4v) is 2.71. The highest BCUT2D eigenvalue weighted by atomic mass is 16.3. The van der Waals surface area contributed by atoms with Gasteiger partial charge in [0.15, 0.2) is 0 Å². The van der Waals surface area contributed by atoms with Gasteiger partial charge in [-0.1, -0.05) is 6.42 Å². The zero-order valence-electron chi connectivity index (χ0n) is 11.8. The zero-order chi connectivity index (χ0) is 13.7. The van der Waals surface area contributed by atoms with Gasteiger partial charge in [0.1, 0.15) is 5.82 Å². The van der Waals surface area contributed by atoms with E-state index in [1.165, 1.54) is 12.8 Å². The van der Waals surface area contributed by atoms with E-state index in [4.69, 9.17) is 0 Å². The van der Waals surface area contributed by atoms with Gasteiger partial charge in [-0.25, -0.2) is 4.98 Å². The molecule has 5 heteroatoms. The molecule has 0 radical (unpaired) electrons. The molecule has 2 unspecified atom stereocenters. The summed E-state index contributed by atoms with van der Waals surface area (Å²) in [5.41, 5.74) is 1.06. The predicted molar refractivity (Wildman–Crippen MR) is 77.3 cm³/mol. The van der Waals surface area contributed by atoms with Gasteiger partial charge in [0.25, 0.3) is 0 Å². The van der Waals surface area contributed by atoms with E-state index in [9.17, 15) is 5.11 Å². The molecule has 1 fully saturated rings. The minimum absolute atomic E-state index is 0.303. The number of aliphatic hydroxyl groups is 1. The molecule has 1 aromatic heterocycles. The fraction of sp³-hybridized carbons (Fsp3) is 0.714. The lowest BCUT2D eigenvalue weighted by Crippen LogP contribution is -2.21. The summed E-state index contributed by atoms with van der Waals surface area (Å²) in [5, 5.41) is 15.9. The van der Waals surface area contributed by atoms with Crippen molar-refractivity contribution in [2.75, 3.05) is 30.3 Å². The second-order valence-electron chi connectivity index (χ2n) is 5.27. The highest BCUT2D eigenvalue weighted by Gasteiger charge is 2.26. The number of hydrogen-bond acceptors (Lipinski definition) is 5. The summed E-state index contributed by atoms with van der Waals surface area (Å²) >= 11 is 0. The van der Waals surface area contributed by atoms with Crippen molar-refractivity contribution in [3.63, 3.8) is 0 Å². The normalized spacial score (nSPS) is 22.5. The summed E-state index contributed by atoms with van der Waals surface area (Å²) in [7, 11) is 0. The van der Waals surface area contributed by atoms with Crippen molar-refractivity contribution in [1.29, 1.82) is 0 Å². The molecule has 1 heterocycles. The summed E-state index contributed by atoms with van der Waals surface area (Å²) in [6.07, 6.45) is 5.41. The highest BCUT2D eigenvalue weighted by molar-refractivity contribution is 5.46. The Morgan fingerprint density at radius 1 is 1.32 bits per heavy atom. The Morgan fingerprint density at radius 3 is 2.84 bits per heavy atom. The van der Waals surface area contributed by atoms with E-state index in [1.807, 2.05) is 20.0 Å². The van der Waals surface area contributed by atoms with E-state index in [0.717, 1.165) is 30.9 Å². The molecule has 1 aliphatic rings. The standard InChI is InChI=1S/C14H24N4O/c1-3-15-14-17-7-10(2)13(18-14)16-8-11-5-4-6-12(11)9-19/h7,11-12,19H,3-6,8-9H2,1-2H3,(H2,15,16,17,18). The van der Waals surface area contributed by atoms with Gasteiger partial charge in [-0.15, -0.1) is 0 Å². The third-order valence-electron chi connectivity index (χ3n) is 3.89. The lowest BCUT2D eigenvalue weighted by Gasteiger charge is -2.19. The Labute approximate surface area is 114 Å². The average Bonchev–Trinajstić information content (AvgIpc) is 2.87. The smallest absolute Gasteiger partial charge is 0.224 e. The molecular weight excluding hydrogens is 240 g/mol. The first-order valence-electron chi connectivity index (χ1n) is 7.16. The number of nitrogens with one attached hydrogen (secondary N) is 2. The van der Waals surface area contributed by atoms with Crippen LogP contribution in [0.4, 0.5) is 11.8 Å². The van der Waals surface area contributed by atoms with E-state index in [-0.39, 0.29) is 0 Å². The number of aryl methyl sites for hydroxylation is 1. The second-order valence-corrected chi connectivity index (χ2v) is 5.27. The Balaban J connectivity index is 1.96. The van der Waals surface area contributed by atoms with Crippen molar-refractivity contribution < 1.29 is 5.11 Å². The molecule has 0 spiro atoms. The van der Waals surface area contributed by atoms with Crippen LogP contribution < -0.4 is 10.6 Å². The van der Waals surface area contributed by atoms with Gasteiger partial charge >= 0.3 is 0 Å². The number of anilines is 2. The largest absolute Gasteiger partial charge is 0.396 e. The van der Waals surface area contributed by atoms with Crippen LogP contribution in [0.3, 0.4) is 0 Å². The van der Waals surface area contributed by atoms with Crippen molar-refractivity contribution in [3.05, 3.63) is 11.8 Å². The maximum absolute atomic E-state index is 9.34. The van der Waals surface area contributed by atoms with Gasteiger partial charge in [0, 0.05) is 31.5 Å². The number of rotatable bonds is 6. The number of hydrogen-bond donors (Lipinski definition) is 3. The Morgan fingerprint density at radius 2 is 2.11 bits per heavy atom. The van der Waals surface area contributed by atoms with Crippen LogP contribution in [-0.2, 0) is 0 Å². The molecule has 1 aromatic rings. The maximum atomic E-state index is 9.34. The van der Waals surface area contributed by atoms with Crippen molar-refractivity contribution in [2.45, 2.75) is 33.1 Å². The summed E-state index contributed by atoms with van der Waals surface area (Å²) in [6, 6.07) is 0. The lowest BCUT2D eigenvalue weighted by molar-refractivity contribution is 0.199. The predicted octanol–water partition coefficient (Wildman–Crippen LogP) is 2.04. The molecule has 5 nitrogen and oxygen atoms in total. The van der Waals surface area contributed by atoms with Gasteiger partial charge < -0.3 is 15.7 Å². The molecular formula is C14H24N4O. The summed E-state index contributed by atoms with van der Waals surface area (Å²) < 4.78 is 0. The number of aromatic nitrogens is 2. The van der Waals surface area contributed by atoms with Crippen molar-refractivity contribution in [3.8, 4) is 0 Å². The molecule has 0 aromatic carbocycles. The van der Waals surface area contributed by atoms with E-state index in [1.54, 1.807) is 0 Å². The molecule has 3 N–H and O–H groups in total. The van der Waals surface area contributed by atoms with Gasteiger partial charge in [0.05, 0.1) is 0 Å². The topological polar surface area (TPSA) is 70.1 Å². The highest BCUT2D eigenvalue weighted by Crippen LogP contribution is 2.31. The van der Waals surface area contributed by atoms with Gasteiger partial charge in [0.2, 0.25) is 5.95 Å². The second kappa shape index (κ2) is 6.70. The summed E-state index contributed by atoms with van der Waals surface area (Å²) in [6.45, 7) is 6.04. The third-order valence-corrected chi connectivity index (χ3v) is 3.89. The van der Waals surface area contributed by atoms with Gasteiger partial charge in [-0.3, -0.25) is 0 Å². The van der Waals surface area contributed by atoms with E-state index >= 15 is 0 Å². The molecule has 19 heavy (non-hydrogen) atoms. The quantitative estimate of drug-likeness (QED) is 0.733. The first kappa shape index (κ1) is 14.1. The monoisotopic (exact) mass is 264 g/mol. The minimum atomic E-state index is 0.303. The molecule has 0 aliphatic heterocycles. The molecule has 2 atom stereocenters. The molecule has 0 amide bonds. The maximum Gasteiger partial charge on any atom is 0.224 e. The molecule has 1 aliphatic carbocycles. The first-order valence-corrected chi connectivity index (χ1v) is 7.16. The van der Waals surface area contributed by atoms with Crippen molar-refractivity contribution in [2.24, 2.45) is 11.8 Å². The Kier molecular flexibility index (Phi) is 4.96. The molecule has 106 valence electrons. The van der Waals surface area contributed by atoms with Crippen molar-refractivity contribution >= 4 is 11.8 Å². The molecule has 2 rings (SSSR count). The minimum Gasteiger partial charge on any atom is -0.396 e. The van der Waals surface area contributed by atoms with Crippen LogP contribution in [0, 0.1) is 18.8 Å². The molecule has 1 saturated carbocycles. The zero-order valence-corrected chi connectivity index (χ0v) is 11.8. The van der Waals surface area contributed by atoms with Gasteiger partial charge in [-0.2, -0.15) is 4.98 Å². The summed E-state index contributed by atoms with van der Waals surface area (Å²) in [4.78, 5) is 8.72. The van der Waals surface area contributed by atoms with Gasteiger partial charge in [-0.05, 0) is 38.5 Å². The Hall–Kier alpha value is -1.36. The number of aliphatic hydroxyl groups excluding tert-OH is 1. The Bertz CT molecular complexity index is 410. The van der Waals surface area contributed by atoms with Crippen molar-refractivity contribution in [1.82, 2.24) is 9.97 Å². The number of nitrogens with zero attached hydrogens (tertiary/aromatic N) is 2. The average molecular weight is 264 g/mol. The van der Waals surface area contributed by atoms with Crippen LogP contribution >= 0.6 is 0 Å². The van der Waals surface area contributed by atoms with E-state index in [0.29, 0.717) is 24.4 Å². The van der Waals surface area contributed by atoms with Crippen LogP contribution in [-0.4, -0.2) is 34.8 Å². The van der Waals surface area contributed by atoms with Crippen LogP contribution in [0.15, 0.2) is 6.20 Å². The van der Waals surface area contributed by atoms with Crippen LogP contribution in [0.25, 0.3) is 0 Å². The SMILES string of the molecule is CCNc1ncc(C)c(NCC2CCCC2CO)n1. The van der Waals surface area contributed by atoms with E-state index < -0.39 is 0 Å². The first-order chi connectivity index (χ1) is 9.24. The third kappa shape index (κ3) is 3.56. The lowest BCUT2D eigenvalue weighted by atomic mass is 9.97. The molecule has 0 bridgehead atoms. The van der Waals surface area contributed by atoms with E-state index in [2.05, 4.69) is 20.6 Å². The van der Waals surface area contributed by atoms with Crippen LogP contribution in [0.1, 0.15) is 31.7 Å². The summed E-state index contributed by atoms with van der Waals surface area (Å²) in [5.74, 6) is 2.57. The van der Waals surface area contributed by atoms with Crippen LogP contribution in [0.5, 0.6) is 0 Å².